The van der Waals surface area contributed by atoms with Crippen LogP contribution in [0, 0.1) is 0 Å². The Bertz CT molecular complexity index is 2500. The number of hydrogen-bond acceptors (Lipinski definition) is 10. The van der Waals surface area contributed by atoms with Gasteiger partial charge in [-0.25, -0.2) is 9.36 Å². The second-order valence-corrected chi connectivity index (χ2v) is 21.6. The normalized spacial score (nSPS) is 16.3. The average molecular weight is 892 g/mol. The number of nitrogens with zero attached hydrogens (tertiary/aromatic N) is 4. The molecule has 2 aromatic heterocycles. The molecule has 0 saturated heterocycles. The van der Waals surface area contributed by atoms with Crippen molar-refractivity contribution in [2.24, 2.45) is 0 Å². The first-order valence-corrected chi connectivity index (χ1v) is 21.7. The minimum atomic E-state index is -2.74. The Labute approximate surface area is 379 Å². The first kappa shape index (κ1) is 36.1. The van der Waals surface area contributed by atoms with E-state index in [0.717, 1.165) is 13.1 Å². The van der Waals surface area contributed by atoms with E-state index >= 15 is 0 Å². The molecule has 2 N–H and O–H groups in total. The van der Waals surface area contributed by atoms with Crippen molar-refractivity contribution in [3.63, 3.8) is 0 Å². The lowest BCUT2D eigenvalue weighted by Crippen LogP contribution is -2.41. The number of benzene rings is 2. The molecular formula is C44H68Cl2N4O8Si. The minimum Gasteiger partial charge on any atom is -0.505 e. The molecule has 0 fully saturated rings. The summed E-state index contributed by atoms with van der Waals surface area (Å²) in [7, 11) is -2.62. The van der Waals surface area contributed by atoms with Crippen LogP contribution in [0.2, 0.25) is 28.2 Å². The summed E-state index contributed by atoms with van der Waals surface area (Å²) in [6.07, 6.45) is 0.224. The number of aliphatic hydroxyl groups is 1. The zero-order valence-electron chi connectivity index (χ0n) is 47.1. The van der Waals surface area contributed by atoms with E-state index in [9.17, 15) is 9.59 Å². The zero-order valence-corrected chi connectivity index (χ0v) is 37.6. The molecule has 4 aromatic rings. The average Bonchev–Trinajstić information content (AvgIpc) is 3.18. The van der Waals surface area contributed by atoms with Gasteiger partial charge in [-0.1, -0.05) is 107 Å². The van der Waals surface area contributed by atoms with E-state index in [1.54, 1.807) is 20.8 Å². The van der Waals surface area contributed by atoms with E-state index in [2.05, 4.69) is 10.2 Å². The van der Waals surface area contributed by atoms with Crippen LogP contribution < -0.4 is 15.9 Å². The Morgan fingerprint density at radius 2 is 1.15 bits per heavy atom. The van der Waals surface area contributed by atoms with Crippen molar-refractivity contribution >= 4 is 31.5 Å². The third-order valence-electron chi connectivity index (χ3n) is 8.25. The molecule has 0 saturated carbocycles. The molecule has 0 aliphatic heterocycles. The smallest absolute Gasteiger partial charge is 0.289 e. The van der Waals surface area contributed by atoms with Gasteiger partial charge in [0.15, 0.2) is 29.9 Å². The second-order valence-electron chi connectivity index (χ2n) is 16.1. The first-order valence-electron chi connectivity index (χ1n) is 24.0. The van der Waals surface area contributed by atoms with Gasteiger partial charge in [0.25, 0.3) is 11.1 Å². The number of hydrogen-bond donors (Lipinski definition) is 2. The maximum absolute atomic E-state index is 12.5. The summed E-state index contributed by atoms with van der Waals surface area (Å²) in [4.78, 5) is 24.0. The third kappa shape index (κ3) is 17.5. The minimum absolute atomic E-state index is 0. The van der Waals surface area contributed by atoms with Crippen molar-refractivity contribution in [3.05, 3.63) is 114 Å². The highest BCUT2D eigenvalue weighted by Crippen LogP contribution is 2.36. The Morgan fingerprint density at radius 3 is 1.61 bits per heavy atom. The highest BCUT2D eigenvalue weighted by atomic mass is 35.5. The predicted octanol–water partition coefficient (Wildman–Crippen LogP) is 9.87. The molecule has 4 rings (SSSR count). The summed E-state index contributed by atoms with van der Waals surface area (Å²) in [6, 6.07) is 11.6. The van der Waals surface area contributed by atoms with Crippen LogP contribution in [0.15, 0.2) is 70.5 Å². The van der Waals surface area contributed by atoms with Gasteiger partial charge in [0.05, 0.1) is 70.1 Å². The van der Waals surface area contributed by atoms with Gasteiger partial charge in [-0.05, 0) is 88.3 Å². The van der Waals surface area contributed by atoms with Crippen molar-refractivity contribution in [3.8, 4) is 11.5 Å². The second kappa shape index (κ2) is 24.0. The van der Waals surface area contributed by atoms with Gasteiger partial charge in [-0.15, -0.1) is 0 Å². The van der Waals surface area contributed by atoms with E-state index < -0.39 is 69.7 Å². The molecule has 0 radical (unpaired) electrons. The van der Waals surface area contributed by atoms with Crippen LogP contribution >= 0.6 is 23.2 Å². The first-order chi connectivity index (χ1) is 31.2. The lowest BCUT2D eigenvalue weighted by atomic mass is 10.1. The van der Waals surface area contributed by atoms with E-state index in [-0.39, 0.29) is 58.3 Å². The Morgan fingerprint density at radius 1 is 0.712 bits per heavy atom. The number of rotatable bonds is 14. The van der Waals surface area contributed by atoms with Crippen LogP contribution in [0.3, 0.4) is 0 Å². The highest BCUT2D eigenvalue weighted by molar-refractivity contribution is 6.74. The molecule has 0 atom stereocenters. The summed E-state index contributed by atoms with van der Waals surface area (Å²) in [5.41, 5.74) is -0.913. The lowest BCUT2D eigenvalue weighted by molar-refractivity contribution is 0.0845. The quantitative estimate of drug-likeness (QED) is 0.117. The van der Waals surface area contributed by atoms with Crippen molar-refractivity contribution < 1.29 is 45.3 Å². The Balaban J connectivity index is 0.000000629. The molecule has 15 heteroatoms. The van der Waals surface area contributed by atoms with Crippen LogP contribution in [-0.4, -0.2) is 57.8 Å². The summed E-state index contributed by atoms with van der Waals surface area (Å²) in [6.45, 7) is 8.31. The van der Waals surface area contributed by atoms with Gasteiger partial charge < -0.3 is 28.8 Å². The molecule has 0 spiro atoms. The van der Waals surface area contributed by atoms with E-state index in [1.807, 2.05) is 54.6 Å². The van der Waals surface area contributed by atoms with Crippen LogP contribution in [0.5, 0.6) is 11.5 Å². The fourth-order valence-corrected chi connectivity index (χ4v) is 4.87. The maximum atomic E-state index is 12.5. The van der Waals surface area contributed by atoms with E-state index in [0.29, 0.717) is 11.1 Å². The molecule has 2 aromatic carbocycles. The van der Waals surface area contributed by atoms with Crippen LogP contribution in [0.25, 0.3) is 0 Å². The van der Waals surface area contributed by atoms with Gasteiger partial charge in [0.1, 0.15) is 6.56 Å². The fraction of sp³-hybridized carbons (Fsp3) is 0.545. The molecule has 0 aliphatic rings. The van der Waals surface area contributed by atoms with Crippen molar-refractivity contribution in [1.82, 2.24) is 19.6 Å². The molecule has 12 nitrogen and oxygen atoms in total. The standard InChI is InChI=1S/C24H37ClN2O4Si.C11H16O2.C8H11ClN2O2.CH4/c1-23(2,3)27-22(28)21(25)20(15-26-27)30-17-19-11-9-18(10-12-19)16-29-13-14-31-32(7,8)24(4,5)6;1-2-7-13-9-11-5-3-10(8-12)4-6-11;1-8(2,3)11-7(13)6(9)5(12)4-10-11;/h9-12,15H,13-14,16-17H2,1-8H3;3-6,12H,2,7-9H2,1H3;4,12H,1-3H3;1H4/i13D2,14D2,17D2;2D2,7D2,8D2;;. The zero-order chi connectivity index (χ0) is 54.7. The van der Waals surface area contributed by atoms with Crippen LogP contribution in [0.1, 0.15) is 122 Å². The van der Waals surface area contributed by atoms with Gasteiger partial charge in [-0.3, -0.25) is 9.59 Å². The molecule has 2 heterocycles. The Hall–Kier alpha value is -3.56. The van der Waals surface area contributed by atoms with Crippen LogP contribution in [0.4, 0.5) is 0 Å². The van der Waals surface area contributed by atoms with E-state index in [4.69, 9.17) is 68.5 Å². The maximum Gasteiger partial charge on any atom is 0.289 e. The lowest BCUT2D eigenvalue weighted by Gasteiger charge is -2.36. The summed E-state index contributed by atoms with van der Waals surface area (Å²) in [5.74, 6) is -0.487. The van der Waals surface area contributed by atoms with Crippen molar-refractivity contribution in [2.75, 3.05) is 19.7 Å². The third-order valence-corrected chi connectivity index (χ3v) is 13.2. The highest BCUT2D eigenvalue weighted by Gasteiger charge is 2.36. The molecule has 330 valence electrons. The topological polar surface area (TPSA) is 147 Å². The monoisotopic (exact) mass is 890 g/mol. The molecule has 59 heavy (non-hydrogen) atoms. The van der Waals surface area contributed by atoms with Crippen molar-refractivity contribution in [1.29, 1.82) is 0 Å². The summed E-state index contributed by atoms with van der Waals surface area (Å²) in [5, 5.41) is 25.2. The Kier molecular flexibility index (Phi) is 14.7. The SMILES string of the molecule is C.CC(C)(C)n1ncc(O)c(Cl)c1=O.[2H]C([2H])(O)c1ccc(COC([2H])([2H])C([2H])([2H])C)cc1.[2H]C([2H])(Oc1cnn(C(C)(C)C)c(=O)c1Cl)c1ccc(COC([2H])([2H])C([2H])([2H])O[Si](C)(C)C(C)(C)C)cc1. The summed E-state index contributed by atoms with van der Waals surface area (Å²) >= 11 is 11.7. The molecule has 0 amide bonds. The largest absolute Gasteiger partial charge is 0.505 e. The number of aromatic nitrogens is 4. The number of aromatic hydroxyl groups is 1. The summed E-state index contributed by atoms with van der Waals surface area (Å²) < 4.78 is 117. The number of halogens is 2. The molecular weight excluding hydrogens is 811 g/mol. The van der Waals surface area contributed by atoms with Crippen LogP contribution in [-0.2, 0) is 51.3 Å². The number of ether oxygens (including phenoxy) is 3. The van der Waals surface area contributed by atoms with Gasteiger partial charge in [0, 0.05) is 9.30 Å². The molecule has 0 bridgehead atoms. The molecule has 0 unspecified atom stereocenters. The fourth-order valence-electron chi connectivity index (χ4n) is 3.97. The predicted molar refractivity (Wildman–Crippen MR) is 241 cm³/mol. The van der Waals surface area contributed by atoms with Gasteiger partial charge in [-0.2, -0.15) is 10.2 Å². The van der Waals surface area contributed by atoms with E-state index in [1.165, 1.54) is 64.1 Å². The molecule has 0 aliphatic carbocycles. The van der Waals surface area contributed by atoms with Gasteiger partial charge in [0.2, 0.25) is 0 Å². The van der Waals surface area contributed by atoms with Crippen molar-refractivity contribution in [2.45, 2.75) is 139 Å². The van der Waals surface area contributed by atoms with Gasteiger partial charge >= 0.3 is 0 Å².